The summed E-state index contributed by atoms with van der Waals surface area (Å²) in [6, 6.07) is 4.68. The van der Waals surface area contributed by atoms with E-state index in [0.29, 0.717) is 28.0 Å². The molecule has 21 heavy (non-hydrogen) atoms. The van der Waals surface area contributed by atoms with Gasteiger partial charge in [0.1, 0.15) is 17.1 Å². The van der Waals surface area contributed by atoms with Gasteiger partial charge in [-0.1, -0.05) is 29.3 Å². The first-order chi connectivity index (χ1) is 10.0. The summed E-state index contributed by atoms with van der Waals surface area (Å²) in [6.07, 6.45) is 3.18. The Hall–Kier alpha value is -1.69. The Bertz CT molecular complexity index is 655. The van der Waals surface area contributed by atoms with Crippen molar-refractivity contribution in [3.05, 3.63) is 45.9 Å². The quantitative estimate of drug-likeness (QED) is 0.601. The van der Waals surface area contributed by atoms with Crippen molar-refractivity contribution in [1.29, 1.82) is 0 Å². The SMILES string of the molecule is CCCCOC(=O)c1cnn(-c2ccc(Br)cc2F)c1C. The molecule has 0 amide bonds. The summed E-state index contributed by atoms with van der Waals surface area (Å²) in [5.74, 6) is -0.841. The lowest BCUT2D eigenvalue weighted by Crippen LogP contribution is -2.08. The molecule has 112 valence electrons. The summed E-state index contributed by atoms with van der Waals surface area (Å²) in [5.41, 5.74) is 1.20. The molecule has 0 aliphatic heterocycles. The van der Waals surface area contributed by atoms with Gasteiger partial charge >= 0.3 is 5.97 Å². The molecule has 1 heterocycles. The number of unbranched alkanes of at least 4 members (excludes halogenated alkanes) is 1. The highest BCUT2D eigenvalue weighted by Gasteiger charge is 2.18. The maximum atomic E-state index is 14.0. The second-order valence-corrected chi connectivity index (χ2v) is 5.56. The van der Waals surface area contributed by atoms with Crippen LogP contribution in [-0.4, -0.2) is 22.4 Å². The number of nitrogens with zero attached hydrogens (tertiary/aromatic N) is 2. The zero-order valence-electron chi connectivity index (χ0n) is 11.9. The van der Waals surface area contributed by atoms with Gasteiger partial charge in [0, 0.05) is 4.47 Å². The van der Waals surface area contributed by atoms with Crippen LogP contribution in [0.3, 0.4) is 0 Å². The smallest absolute Gasteiger partial charge is 0.341 e. The van der Waals surface area contributed by atoms with E-state index in [0.717, 1.165) is 12.8 Å². The van der Waals surface area contributed by atoms with Crippen molar-refractivity contribution in [1.82, 2.24) is 9.78 Å². The first-order valence-electron chi connectivity index (χ1n) is 6.71. The second kappa shape index (κ2) is 6.85. The van der Waals surface area contributed by atoms with Gasteiger partial charge in [-0.25, -0.2) is 13.9 Å². The van der Waals surface area contributed by atoms with Crippen molar-refractivity contribution in [3.8, 4) is 5.69 Å². The molecule has 0 bridgehead atoms. The molecule has 4 nitrogen and oxygen atoms in total. The molecule has 6 heteroatoms. The highest BCUT2D eigenvalue weighted by Crippen LogP contribution is 2.21. The number of hydrogen-bond donors (Lipinski definition) is 0. The molecule has 0 aliphatic rings. The third kappa shape index (κ3) is 3.50. The van der Waals surface area contributed by atoms with Crippen LogP contribution >= 0.6 is 15.9 Å². The van der Waals surface area contributed by atoms with Crippen molar-refractivity contribution in [3.63, 3.8) is 0 Å². The number of ether oxygens (including phenoxy) is 1. The van der Waals surface area contributed by atoms with E-state index >= 15 is 0 Å². The number of carbonyl (C=O) groups is 1. The molecule has 0 saturated carbocycles. The Kier molecular flexibility index (Phi) is 5.12. The van der Waals surface area contributed by atoms with Gasteiger partial charge in [-0.05, 0) is 31.5 Å². The average molecular weight is 355 g/mol. The zero-order valence-corrected chi connectivity index (χ0v) is 13.5. The largest absolute Gasteiger partial charge is 0.462 e. The number of aromatic nitrogens is 2. The van der Waals surface area contributed by atoms with Gasteiger partial charge in [0.2, 0.25) is 0 Å². The predicted molar refractivity (Wildman–Crippen MR) is 81.1 cm³/mol. The topological polar surface area (TPSA) is 44.1 Å². The number of esters is 1. The van der Waals surface area contributed by atoms with E-state index < -0.39 is 11.8 Å². The van der Waals surface area contributed by atoms with Crippen LogP contribution in [0.1, 0.15) is 35.8 Å². The van der Waals surface area contributed by atoms with Gasteiger partial charge < -0.3 is 4.74 Å². The van der Waals surface area contributed by atoms with Crippen molar-refractivity contribution >= 4 is 21.9 Å². The minimum Gasteiger partial charge on any atom is -0.462 e. The van der Waals surface area contributed by atoms with Gasteiger partial charge in [-0.2, -0.15) is 5.10 Å². The minimum absolute atomic E-state index is 0.295. The van der Waals surface area contributed by atoms with E-state index in [4.69, 9.17) is 4.74 Å². The highest BCUT2D eigenvalue weighted by molar-refractivity contribution is 9.10. The standard InChI is InChI=1S/C15H16BrFN2O2/c1-3-4-7-21-15(20)12-9-18-19(10(12)2)14-6-5-11(16)8-13(14)17/h5-6,8-9H,3-4,7H2,1-2H3. The molecule has 0 aliphatic carbocycles. The molecule has 0 spiro atoms. The number of carbonyl (C=O) groups excluding carboxylic acids is 1. The van der Waals surface area contributed by atoms with Crippen LogP contribution in [0.15, 0.2) is 28.9 Å². The predicted octanol–water partition coefficient (Wildman–Crippen LogP) is 4.04. The molecular weight excluding hydrogens is 339 g/mol. The summed E-state index contributed by atoms with van der Waals surface area (Å²) in [5, 5.41) is 4.09. The van der Waals surface area contributed by atoms with Gasteiger partial charge in [0.05, 0.1) is 18.5 Å². The summed E-state index contributed by atoms with van der Waals surface area (Å²) >= 11 is 3.21. The highest BCUT2D eigenvalue weighted by atomic mass is 79.9. The van der Waals surface area contributed by atoms with E-state index in [-0.39, 0.29) is 0 Å². The van der Waals surface area contributed by atoms with Crippen LogP contribution < -0.4 is 0 Å². The minimum atomic E-state index is -0.426. The van der Waals surface area contributed by atoms with E-state index in [1.165, 1.54) is 16.9 Å². The average Bonchev–Trinajstić information content (AvgIpc) is 2.81. The fraction of sp³-hybridized carbons (Fsp3) is 0.333. The number of halogens is 2. The Morgan fingerprint density at radius 2 is 2.24 bits per heavy atom. The third-order valence-corrected chi connectivity index (χ3v) is 3.59. The fourth-order valence-corrected chi connectivity index (χ4v) is 2.23. The van der Waals surface area contributed by atoms with E-state index in [9.17, 15) is 9.18 Å². The fourth-order valence-electron chi connectivity index (χ4n) is 1.89. The van der Waals surface area contributed by atoms with Gasteiger partial charge in [-0.15, -0.1) is 0 Å². The summed E-state index contributed by atoms with van der Waals surface area (Å²) in [7, 11) is 0. The van der Waals surface area contributed by atoms with E-state index in [1.807, 2.05) is 6.92 Å². The zero-order chi connectivity index (χ0) is 15.4. The van der Waals surface area contributed by atoms with Crippen LogP contribution in [0.4, 0.5) is 4.39 Å². The number of benzene rings is 1. The van der Waals surface area contributed by atoms with Gasteiger partial charge in [-0.3, -0.25) is 0 Å². The maximum absolute atomic E-state index is 14.0. The van der Waals surface area contributed by atoms with Crippen molar-refractivity contribution in [2.45, 2.75) is 26.7 Å². The molecule has 0 unspecified atom stereocenters. The lowest BCUT2D eigenvalue weighted by molar-refractivity contribution is 0.0499. The molecule has 1 aromatic heterocycles. The van der Waals surface area contributed by atoms with Crippen molar-refractivity contribution in [2.75, 3.05) is 6.61 Å². The van der Waals surface area contributed by atoms with E-state index in [1.54, 1.807) is 19.1 Å². The Balaban J connectivity index is 2.26. The van der Waals surface area contributed by atoms with Gasteiger partial charge in [0.15, 0.2) is 0 Å². The molecule has 2 aromatic rings. The Morgan fingerprint density at radius 3 is 2.90 bits per heavy atom. The normalized spacial score (nSPS) is 10.7. The molecule has 0 fully saturated rings. The maximum Gasteiger partial charge on any atom is 0.341 e. The second-order valence-electron chi connectivity index (χ2n) is 4.64. The third-order valence-electron chi connectivity index (χ3n) is 3.10. The molecule has 1 aromatic carbocycles. The van der Waals surface area contributed by atoms with Crippen LogP contribution in [0.5, 0.6) is 0 Å². The molecular formula is C15H16BrFN2O2. The van der Waals surface area contributed by atoms with E-state index in [2.05, 4.69) is 21.0 Å². The van der Waals surface area contributed by atoms with Crippen LogP contribution in [0.25, 0.3) is 5.69 Å². The van der Waals surface area contributed by atoms with Crippen molar-refractivity contribution in [2.24, 2.45) is 0 Å². The lowest BCUT2D eigenvalue weighted by Gasteiger charge is -2.07. The van der Waals surface area contributed by atoms with Crippen LogP contribution in [0.2, 0.25) is 0 Å². The van der Waals surface area contributed by atoms with Crippen molar-refractivity contribution < 1.29 is 13.9 Å². The van der Waals surface area contributed by atoms with Crippen LogP contribution in [0, 0.1) is 12.7 Å². The Morgan fingerprint density at radius 1 is 1.48 bits per heavy atom. The summed E-state index contributed by atoms with van der Waals surface area (Å²) in [6.45, 7) is 4.12. The molecule has 0 saturated heterocycles. The van der Waals surface area contributed by atoms with Gasteiger partial charge in [0.25, 0.3) is 0 Å². The lowest BCUT2D eigenvalue weighted by atomic mass is 10.2. The molecule has 0 radical (unpaired) electrons. The summed E-state index contributed by atoms with van der Waals surface area (Å²) < 4.78 is 21.2. The molecule has 0 atom stereocenters. The first-order valence-corrected chi connectivity index (χ1v) is 7.51. The summed E-state index contributed by atoms with van der Waals surface area (Å²) in [4.78, 5) is 11.9. The molecule has 2 rings (SSSR count). The number of rotatable bonds is 5. The van der Waals surface area contributed by atoms with Crippen LogP contribution in [-0.2, 0) is 4.74 Å². The number of hydrogen-bond acceptors (Lipinski definition) is 3. The molecule has 0 N–H and O–H groups in total. The Labute approximate surface area is 131 Å². The first kappa shape index (κ1) is 15.7. The monoisotopic (exact) mass is 354 g/mol.